The molecular formula is C18H22O2. The summed E-state index contributed by atoms with van der Waals surface area (Å²) in [6, 6.07) is 6.51. The van der Waals surface area contributed by atoms with Gasteiger partial charge >= 0.3 is 0 Å². The van der Waals surface area contributed by atoms with E-state index in [0.29, 0.717) is 5.92 Å². The fourth-order valence-electron chi connectivity index (χ4n) is 5.47. The van der Waals surface area contributed by atoms with E-state index in [1.165, 1.54) is 16.7 Å². The van der Waals surface area contributed by atoms with Crippen molar-refractivity contribution >= 4 is 0 Å². The summed E-state index contributed by atoms with van der Waals surface area (Å²) < 4.78 is 0. The van der Waals surface area contributed by atoms with Gasteiger partial charge in [0.05, 0.1) is 12.2 Å². The molecule has 0 aromatic heterocycles. The van der Waals surface area contributed by atoms with Crippen molar-refractivity contribution in [2.45, 2.75) is 50.0 Å². The van der Waals surface area contributed by atoms with Gasteiger partial charge in [0.1, 0.15) is 0 Å². The lowest BCUT2D eigenvalue weighted by Crippen LogP contribution is -2.38. The topological polar surface area (TPSA) is 40.5 Å². The molecule has 1 spiro atoms. The summed E-state index contributed by atoms with van der Waals surface area (Å²) in [4.78, 5) is 0. The van der Waals surface area contributed by atoms with Crippen molar-refractivity contribution < 1.29 is 10.2 Å². The molecule has 0 amide bonds. The number of hydrogen-bond acceptors (Lipinski definition) is 2. The minimum atomic E-state index is -0.681. The van der Waals surface area contributed by atoms with Crippen molar-refractivity contribution in [2.75, 3.05) is 6.61 Å². The maximum atomic E-state index is 10.8. The molecule has 4 atom stereocenters. The van der Waals surface area contributed by atoms with Crippen molar-refractivity contribution in [1.29, 1.82) is 0 Å². The Morgan fingerprint density at radius 3 is 2.95 bits per heavy atom. The van der Waals surface area contributed by atoms with Crippen LogP contribution in [0, 0.1) is 12.3 Å². The maximum Gasteiger partial charge on any atom is 0.0860 e. The van der Waals surface area contributed by atoms with E-state index >= 15 is 0 Å². The van der Waals surface area contributed by atoms with Gasteiger partial charge in [-0.2, -0.15) is 0 Å². The maximum absolute atomic E-state index is 10.8. The molecule has 106 valence electrons. The Kier molecular flexibility index (Phi) is 2.36. The molecule has 4 rings (SSSR count). The van der Waals surface area contributed by atoms with Gasteiger partial charge in [-0.1, -0.05) is 24.8 Å². The number of rotatable bonds is 1. The van der Waals surface area contributed by atoms with Crippen LogP contribution in [0.15, 0.2) is 30.4 Å². The first-order valence-corrected chi connectivity index (χ1v) is 7.63. The standard InChI is InChI=1S/C18H22O2/c1-11-4-3-5-13-14-6-7-18(20)10-17(14,8-12(18)2)15(9-19)16(11)13/h3-5,14-15,19-20H,2,6-10H2,1H3. The zero-order valence-corrected chi connectivity index (χ0v) is 12.0. The molecule has 2 bridgehead atoms. The Morgan fingerprint density at radius 1 is 1.40 bits per heavy atom. The molecule has 2 fully saturated rings. The molecular weight excluding hydrogens is 248 g/mol. The lowest BCUT2D eigenvalue weighted by molar-refractivity contribution is -0.000939. The summed E-state index contributed by atoms with van der Waals surface area (Å²) in [7, 11) is 0. The highest BCUT2D eigenvalue weighted by molar-refractivity contribution is 5.51. The summed E-state index contributed by atoms with van der Waals surface area (Å²) in [5.41, 5.74) is 4.36. The SMILES string of the molecule is C=C1CC23CC1(O)CCC2c1cccc(C)c1C3CO. The normalized spacial score (nSPS) is 41.6. The highest BCUT2D eigenvalue weighted by atomic mass is 16.3. The molecule has 0 aliphatic heterocycles. The molecule has 0 heterocycles. The molecule has 2 heteroatoms. The second-order valence-electron chi connectivity index (χ2n) is 7.13. The smallest absolute Gasteiger partial charge is 0.0860 e. The molecule has 4 unspecified atom stereocenters. The summed E-state index contributed by atoms with van der Waals surface area (Å²) >= 11 is 0. The number of aliphatic hydroxyl groups excluding tert-OH is 1. The van der Waals surface area contributed by atoms with Crippen molar-refractivity contribution in [3.8, 4) is 0 Å². The van der Waals surface area contributed by atoms with Crippen molar-refractivity contribution in [3.63, 3.8) is 0 Å². The predicted molar refractivity (Wildman–Crippen MR) is 78.7 cm³/mol. The molecule has 1 aromatic carbocycles. The highest BCUT2D eigenvalue weighted by Gasteiger charge is 2.63. The van der Waals surface area contributed by atoms with Gasteiger partial charge in [0.15, 0.2) is 0 Å². The summed E-state index contributed by atoms with van der Waals surface area (Å²) in [5, 5.41) is 20.9. The molecule has 20 heavy (non-hydrogen) atoms. The average Bonchev–Trinajstić information content (AvgIpc) is 2.79. The largest absolute Gasteiger partial charge is 0.396 e. The predicted octanol–water partition coefficient (Wildman–Crippen LogP) is 3.03. The van der Waals surface area contributed by atoms with Crippen molar-refractivity contribution in [3.05, 3.63) is 47.0 Å². The minimum Gasteiger partial charge on any atom is -0.396 e. The number of benzene rings is 1. The van der Waals surface area contributed by atoms with E-state index in [-0.39, 0.29) is 17.9 Å². The summed E-state index contributed by atoms with van der Waals surface area (Å²) in [6.45, 7) is 6.47. The number of fused-ring (bicyclic) bond motifs is 3. The van der Waals surface area contributed by atoms with Crippen LogP contribution in [0.2, 0.25) is 0 Å². The molecule has 0 radical (unpaired) electrons. The second-order valence-corrected chi connectivity index (χ2v) is 7.13. The van der Waals surface area contributed by atoms with Gasteiger partial charge in [-0.25, -0.2) is 0 Å². The van der Waals surface area contributed by atoms with E-state index in [1.807, 2.05) is 0 Å². The number of aryl methyl sites for hydroxylation is 1. The van der Waals surface area contributed by atoms with E-state index in [2.05, 4.69) is 31.7 Å². The van der Waals surface area contributed by atoms with E-state index in [1.54, 1.807) is 0 Å². The van der Waals surface area contributed by atoms with Crippen LogP contribution in [0.5, 0.6) is 0 Å². The first kappa shape index (κ1) is 12.6. The van der Waals surface area contributed by atoms with Crippen molar-refractivity contribution in [1.82, 2.24) is 0 Å². The van der Waals surface area contributed by atoms with Crippen LogP contribution in [0.4, 0.5) is 0 Å². The molecule has 2 N–H and O–H groups in total. The Bertz CT molecular complexity index is 605. The van der Waals surface area contributed by atoms with Gasteiger partial charge in [-0.3, -0.25) is 0 Å². The zero-order valence-electron chi connectivity index (χ0n) is 12.0. The Hall–Kier alpha value is -1.12. The minimum absolute atomic E-state index is 0.00722. The molecule has 3 aliphatic carbocycles. The fourth-order valence-corrected chi connectivity index (χ4v) is 5.47. The van der Waals surface area contributed by atoms with Gasteiger partial charge in [0.2, 0.25) is 0 Å². The van der Waals surface area contributed by atoms with Crippen LogP contribution in [0.1, 0.15) is 54.2 Å². The van der Waals surface area contributed by atoms with Crippen LogP contribution in [0.25, 0.3) is 0 Å². The van der Waals surface area contributed by atoms with E-state index < -0.39 is 5.60 Å². The Balaban J connectivity index is 1.94. The molecule has 2 saturated carbocycles. The second kappa shape index (κ2) is 3.75. The Labute approximate surface area is 120 Å². The number of hydrogen-bond donors (Lipinski definition) is 2. The van der Waals surface area contributed by atoms with Crippen LogP contribution in [-0.2, 0) is 0 Å². The highest BCUT2D eigenvalue weighted by Crippen LogP contribution is 2.71. The molecule has 3 aliphatic rings. The first-order chi connectivity index (χ1) is 9.52. The molecule has 0 saturated heterocycles. The van der Waals surface area contributed by atoms with E-state index in [0.717, 1.165) is 31.3 Å². The summed E-state index contributed by atoms with van der Waals surface area (Å²) in [6.07, 6.45) is 3.49. The lowest BCUT2D eigenvalue weighted by Gasteiger charge is -2.42. The van der Waals surface area contributed by atoms with Gasteiger partial charge < -0.3 is 10.2 Å². The lowest BCUT2D eigenvalue weighted by atomic mass is 9.63. The summed E-state index contributed by atoms with van der Waals surface area (Å²) in [5.74, 6) is 0.642. The average molecular weight is 270 g/mol. The van der Waals surface area contributed by atoms with Gasteiger partial charge in [-0.05, 0) is 66.2 Å². The third-order valence-electron chi connectivity index (χ3n) is 6.32. The first-order valence-electron chi connectivity index (χ1n) is 7.63. The number of aliphatic hydroxyl groups is 2. The van der Waals surface area contributed by atoms with Gasteiger partial charge in [-0.15, -0.1) is 0 Å². The molecule has 1 aromatic rings. The zero-order chi connectivity index (χ0) is 14.1. The third kappa shape index (κ3) is 1.27. The van der Waals surface area contributed by atoms with E-state index in [4.69, 9.17) is 0 Å². The van der Waals surface area contributed by atoms with Crippen LogP contribution in [-0.4, -0.2) is 22.4 Å². The van der Waals surface area contributed by atoms with Crippen LogP contribution in [0.3, 0.4) is 0 Å². The van der Waals surface area contributed by atoms with Crippen LogP contribution < -0.4 is 0 Å². The van der Waals surface area contributed by atoms with Gasteiger partial charge in [0.25, 0.3) is 0 Å². The third-order valence-corrected chi connectivity index (χ3v) is 6.32. The quantitative estimate of drug-likeness (QED) is 0.770. The van der Waals surface area contributed by atoms with Crippen molar-refractivity contribution in [2.24, 2.45) is 5.41 Å². The Morgan fingerprint density at radius 2 is 2.20 bits per heavy atom. The fraction of sp³-hybridized carbons (Fsp3) is 0.556. The van der Waals surface area contributed by atoms with Gasteiger partial charge in [0, 0.05) is 5.92 Å². The van der Waals surface area contributed by atoms with Crippen LogP contribution >= 0.6 is 0 Å². The monoisotopic (exact) mass is 270 g/mol. The molecule has 2 nitrogen and oxygen atoms in total. The van der Waals surface area contributed by atoms with E-state index in [9.17, 15) is 10.2 Å².